The lowest BCUT2D eigenvalue weighted by Gasteiger charge is -2.24. The highest BCUT2D eigenvalue weighted by molar-refractivity contribution is 7.92. The van der Waals surface area contributed by atoms with Crippen LogP contribution in [-0.2, 0) is 23.6 Å². The molecule has 1 unspecified atom stereocenters. The van der Waals surface area contributed by atoms with Gasteiger partial charge in [0.25, 0.3) is 10.0 Å². The maximum Gasteiger partial charge on any atom is 0.283 e. The number of hydrogen-bond donors (Lipinski definition) is 1. The lowest BCUT2D eigenvalue weighted by atomic mass is 10.2. The Bertz CT molecular complexity index is 778. The second-order valence-electron chi connectivity index (χ2n) is 5.68. The Kier molecular flexibility index (Phi) is 3.70. The molecule has 2 heterocycles. The van der Waals surface area contributed by atoms with E-state index in [1.807, 2.05) is 31.2 Å². The van der Waals surface area contributed by atoms with E-state index in [0.29, 0.717) is 18.9 Å². The summed E-state index contributed by atoms with van der Waals surface area (Å²) in [6.45, 7) is 4.82. The predicted molar refractivity (Wildman–Crippen MR) is 85.2 cm³/mol. The van der Waals surface area contributed by atoms with Gasteiger partial charge in [-0.1, -0.05) is 18.2 Å². The minimum atomic E-state index is -3.67. The number of aromatic nitrogens is 2. The topological polar surface area (TPSA) is 67.2 Å². The molecule has 0 amide bonds. The number of anilines is 1. The largest absolute Gasteiger partial charge is 0.337 e. The molecule has 6 nitrogen and oxygen atoms in total. The number of aryl methyl sites for hydroxylation is 2. The fourth-order valence-electron chi connectivity index (χ4n) is 2.59. The summed E-state index contributed by atoms with van der Waals surface area (Å²) in [6, 6.07) is 7.65. The predicted octanol–water partition coefficient (Wildman–Crippen LogP) is 1.42. The highest BCUT2D eigenvalue weighted by Crippen LogP contribution is 2.28. The molecule has 1 aliphatic rings. The molecule has 0 saturated heterocycles. The van der Waals surface area contributed by atoms with Crippen molar-refractivity contribution >= 4 is 15.7 Å². The first-order chi connectivity index (χ1) is 10.4. The number of rotatable bonds is 2. The van der Waals surface area contributed by atoms with Gasteiger partial charge in [0.2, 0.25) is 0 Å². The molecular formula is C15H20N4O2S. The third kappa shape index (κ3) is 2.50. The van der Waals surface area contributed by atoms with Gasteiger partial charge in [-0.2, -0.15) is 8.42 Å². The molecule has 7 heteroatoms. The van der Waals surface area contributed by atoms with E-state index in [9.17, 15) is 8.42 Å². The van der Waals surface area contributed by atoms with Crippen LogP contribution in [0.2, 0.25) is 0 Å². The Morgan fingerprint density at radius 2 is 2.05 bits per heavy atom. The van der Waals surface area contributed by atoms with Gasteiger partial charge in [0.05, 0.1) is 5.69 Å². The number of hydrogen-bond acceptors (Lipinski definition) is 4. The number of fused-ring (bicyclic) bond motifs is 1. The van der Waals surface area contributed by atoms with Crippen LogP contribution in [0.3, 0.4) is 0 Å². The molecule has 0 radical (unpaired) electrons. The normalized spacial score (nSPS) is 18.9. The molecule has 1 atom stereocenters. The maximum absolute atomic E-state index is 13.0. The number of imidazole rings is 1. The van der Waals surface area contributed by atoms with Crippen molar-refractivity contribution in [2.45, 2.75) is 31.5 Å². The zero-order valence-corrected chi connectivity index (χ0v) is 13.8. The summed E-state index contributed by atoms with van der Waals surface area (Å²) >= 11 is 0. The minimum Gasteiger partial charge on any atom is -0.337 e. The number of nitrogens with one attached hydrogen (secondary N) is 1. The van der Waals surface area contributed by atoms with E-state index in [-0.39, 0.29) is 11.1 Å². The third-order valence-electron chi connectivity index (χ3n) is 3.98. The second-order valence-corrected chi connectivity index (χ2v) is 7.49. The molecule has 1 aromatic carbocycles. The second kappa shape index (κ2) is 5.40. The molecule has 1 N–H and O–H groups in total. The van der Waals surface area contributed by atoms with Crippen LogP contribution < -0.4 is 9.62 Å². The van der Waals surface area contributed by atoms with Crippen LogP contribution in [0.25, 0.3) is 0 Å². The molecule has 1 aliphatic heterocycles. The molecule has 0 spiro atoms. The minimum absolute atomic E-state index is 0.0620. The molecule has 1 aromatic heterocycles. The fraction of sp³-hybridized carbons (Fsp3) is 0.400. The van der Waals surface area contributed by atoms with Crippen LogP contribution in [0.15, 0.2) is 35.5 Å². The van der Waals surface area contributed by atoms with Crippen LogP contribution >= 0.6 is 0 Å². The summed E-state index contributed by atoms with van der Waals surface area (Å²) in [5.74, 6) is 0.674. The summed E-state index contributed by atoms with van der Waals surface area (Å²) in [4.78, 5) is 4.20. The monoisotopic (exact) mass is 320 g/mol. The van der Waals surface area contributed by atoms with E-state index in [1.165, 1.54) is 4.31 Å². The van der Waals surface area contributed by atoms with Gasteiger partial charge in [-0.05, 0) is 25.5 Å². The lowest BCUT2D eigenvalue weighted by Crippen LogP contribution is -2.39. The number of nitrogens with zero attached hydrogens (tertiary/aromatic N) is 3. The quantitative estimate of drug-likeness (QED) is 0.909. The van der Waals surface area contributed by atoms with Crippen molar-refractivity contribution in [2.75, 3.05) is 10.8 Å². The van der Waals surface area contributed by atoms with Gasteiger partial charge in [-0.3, -0.25) is 4.31 Å². The van der Waals surface area contributed by atoms with Crippen molar-refractivity contribution in [3.05, 3.63) is 41.9 Å². The highest BCUT2D eigenvalue weighted by Gasteiger charge is 2.31. The third-order valence-corrected chi connectivity index (χ3v) is 5.63. The van der Waals surface area contributed by atoms with Crippen molar-refractivity contribution in [2.24, 2.45) is 7.05 Å². The van der Waals surface area contributed by atoms with Crippen LogP contribution in [0.1, 0.15) is 18.3 Å². The van der Waals surface area contributed by atoms with Crippen molar-refractivity contribution < 1.29 is 8.42 Å². The first-order valence-electron chi connectivity index (χ1n) is 7.23. The van der Waals surface area contributed by atoms with E-state index < -0.39 is 10.0 Å². The van der Waals surface area contributed by atoms with Crippen molar-refractivity contribution in [3.63, 3.8) is 0 Å². The van der Waals surface area contributed by atoms with Gasteiger partial charge in [0.1, 0.15) is 5.82 Å². The van der Waals surface area contributed by atoms with Gasteiger partial charge < -0.3 is 9.88 Å². The molecule has 0 bridgehead atoms. The zero-order valence-electron chi connectivity index (χ0n) is 12.9. The van der Waals surface area contributed by atoms with Gasteiger partial charge >= 0.3 is 0 Å². The van der Waals surface area contributed by atoms with Crippen molar-refractivity contribution in [1.29, 1.82) is 0 Å². The van der Waals surface area contributed by atoms with Crippen LogP contribution in [-0.4, -0.2) is 30.6 Å². The molecule has 3 rings (SSSR count). The fourth-order valence-corrected chi connectivity index (χ4v) is 4.21. The first kappa shape index (κ1) is 15.1. The smallest absolute Gasteiger partial charge is 0.283 e. The van der Waals surface area contributed by atoms with Gasteiger partial charge in [0.15, 0.2) is 5.03 Å². The average Bonchev–Trinajstić information content (AvgIpc) is 2.73. The molecule has 118 valence electrons. The Labute approximate surface area is 130 Å². The van der Waals surface area contributed by atoms with E-state index in [1.54, 1.807) is 24.7 Å². The summed E-state index contributed by atoms with van der Waals surface area (Å²) in [7, 11) is -1.88. The van der Waals surface area contributed by atoms with Gasteiger partial charge in [0, 0.05) is 32.4 Å². The first-order valence-corrected chi connectivity index (χ1v) is 8.67. The summed E-state index contributed by atoms with van der Waals surface area (Å²) in [5.41, 5.74) is 1.70. The summed E-state index contributed by atoms with van der Waals surface area (Å²) < 4.78 is 29.3. The molecule has 0 saturated carbocycles. The van der Waals surface area contributed by atoms with E-state index in [0.717, 1.165) is 11.3 Å². The van der Waals surface area contributed by atoms with Gasteiger partial charge in [-0.15, -0.1) is 0 Å². The van der Waals surface area contributed by atoms with Gasteiger partial charge in [-0.25, -0.2) is 4.98 Å². The van der Waals surface area contributed by atoms with Crippen LogP contribution in [0.5, 0.6) is 0 Å². The van der Waals surface area contributed by atoms with Crippen LogP contribution in [0.4, 0.5) is 5.69 Å². The Hall–Kier alpha value is -1.86. The molecular weight excluding hydrogens is 300 g/mol. The summed E-state index contributed by atoms with van der Waals surface area (Å²) in [5, 5.41) is 3.43. The SMILES string of the molecule is Cc1nc(S(=O)(=O)N2CC(C)NCc3ccccc32)cn1C. The molecule has 22 heavy (non-hydrogen) atoms. The molecule has 2 aromatic rings. The highest BCUT2D eigenvalue weighted by atomic mass is 32.2. The van der Waals surface area contributed by atoms with E-state index >= 15 is 0 Å². The molecule has 0 aliphatic carbocycles. The van der Waals surface area contributed by atoms with Crippen molar-refractivity contribution in [1.82, 2.24) is 14.9 Å². The Balaban J connectivity index is 2.12. The number of para-hydroxylation sites is 1. The van der Waals surface area contributed by atoms with E-state index in [2.05, 4.69) is 10.3 Å². The zero-order chi connectivity index (χ0) is 15.9. The average molecular weight is 320 g/mol. The lowest BCUT2D eigenvalue weighted by molar-refractivity contribution is 0.554. The van der Waals surface area contributed by atoms with Crippen LogP contribution in [0, 0.1) is 6.92 Å². The van der Waals surface area contributed by atoms with Crippen molar-refractivity contribution in [3.8, 4) is 0 Å². The standard InChI is InChI=1S/C15H20N4O2S/c1-11-9-19(14-7-5-4-6-13(14)8-16-11)22(20,21)15-10-18(3)12(2)17-15/h4-7,10-11,16H,8-9H2,1-3H3. The maximum atomic E-state index is 13.0. The van der Waals surface area contributed by atoms with E-state index in [4.69, 9.17) is 0 Å². The summed E-state index contributed by atoms with van der Waals surface area (Å²) in [6.07, 6.45) is 1.57. The Morgan fingerprint density at radius 1 is 1.32 bits per heavy atom. The number of benzene rings is 1. The Morgan fingerprint density at radius 3 is 2.73 bits per heavy atom. The molecule has 0 fully saturated rings. The number of sulfonamides is 1.